The molecule has 1 aliphatic rings. The van der Waals surface area contributed by atoms with Crippen molar-refractivity contribution < 1.29 is 19.1 Å². The quantitative estimate of drug-likeness (QED) is 0.574. The van der Waals surface area contributed by atoms with Crippen molar-refractivity contribution >= 4 is 27.5 Å². The number of carbonyl (C=O) groups is 2. The van der Waals surface area contributed by atoms with Gasteiger partial charge in [-0.2, -0.15) is 0 Å². The van der Waals surface area contributed by atoms with E-state index in [1.807, 2.05) is 49.4 Å². The summed E-state index contributed by atoms with van der Waals surface area (Å²) in [4.78, 5) is 26.3. The summed E-state index contributed by atoms with van der Waals surface area (Å²) in [6.45, 7) is 8.92. The summed E-state index contributed by atoms with van der Waals surface area (Å²) in [5, 5.41) is 0. The maximum absolute atomic E-state index is 13.1. The van der Waals surface area contributed by atoms with Gasteiger partial charge in [-0.3, -0.25) is 9.59 Å². The average molecular weight is 445 g/mol. The zero-order valence-corrected chi connectivity index (χ0v) is 18.4. The van der Waals surface area contributed by atoms with E-state index in [-0.39, 0.29) is 11.6 Å². The van der Waals surface area contributed by atoms with Gasteiger partial charge in [0.1, 0.15) is 28.6 Å². The summed E-state index contributed by atoms with van der Waals surface area (Å²) in [5.74, 6) is -0.0114. The molecule has 1 fully saturated rings. The number of aryl methyl sites for hydroxylation is 1. The van der Waals surface area contributed by atoms with E-state index in [2.05, 4.69) is 15.9 Å². The lowest BCUT2D eigenvalue weighted by molar-refractivity contribution is -0.184. The lowest BCUT2D eigenvalue weighted by Crippen LogP contribution is -2.58. The molecule has 148 valence electrons. The smallest absolute Gasteiger partial charge is 0.179 e. The fourth-order valence-corrected chi connectivity index (χ4v) is 3.97. The minimum Gasteiger partial charge on any atom is -0.457 e. The summed E-state index contributed by atoms with van der Waals surface area (Å²) >= 11 is 3.41. The highest BCUT2D eigenvalue weighted by Crippen LogP contribution is 2.40. The number of benzene rings is 2. The lowest BCUT2D eigenvalue weighted by Gasteiger charge is -2.43. The Morgan fingerprint density at radius 1 is 0.929 bits per heavy atom. The summed E-state index contributed by atoms with van der Waals surface area (Å²) < 4.78 is 12.7. The van der Waals surface area contributed by atoms with Crippen LogP contribution in [0.1, 0.15) is 51.7 Å². The van der Waals surface area contributed by atoms with Crippen molar-refractivity contribution in [3.63, 3.8) is 0 Å². The molecule has 1 heterocycles. The SMILES string of the molecule is CCc1ccc(Oc2ccc(Br)cc2)cc1C1C(=O)C(C)(C)OC(C)(C)C1=O. The van der Waals surface area contributed by atoms with Crippen LogP contribution in [0.4, 0.5) is 0 Å². The molecule has 0 N–H and O–H groups in total. The second-order valence-corrected chi connectivity index (χ2v) is 8.97. The first-order valence-corrected chi connectivity index (χ1v) is 10.2. The van der Waals surface area contributed by atoms with Crippen molar-refractivity contribution in [3.8, 4) is 11.5 Å². The van der Waals surface area contributed by atoms with Crippen molar-refractivity contribution in [3.05, 3.63) is 58.1 Å². The van der Waals surface area contributed by atoms with Gasteiger partial charge in [-0.1, -0.05) is 28.9 Å². The summed E-state index contributed by atoms with van der Waals surface area (Å²) in [7, 11) is 0. The Hall–Kier alpha value is -1.98. The van der Waals surface area contributed by atoms with E-state index in [0.717, 1.165) is 10.0 Å². The number of ketones is 2. The number of halogens is 1. The highest BCUT2D eigenvalue weighted by Gasteiger charge is 2.53. The summed E-state index contributed by atoms with van der Waals surface area (Å²) in [6, 6.07) is 13.1. The summed E-state index contributed by atoms with van der Waals surface area (Å²) in [5.41, 5.74) is -0.398. The number of carbonyl (C=O) groups excluding carboxylic acids is 2. The standard InChI is InChI=1S/C23H25BrO4/c1-6-14-7-10-17(27-16-11-8-15(24)9-12-16)13-18(14)19-20(25)22(2,3)28-23(4,5)21(19)26/h7-13,19H,6H2,1-5H3. The number of hydrogen-bond donors (Lipinski definition) is 0. The van der Waals surface area contributed by atoms with Gasteiger partial charge in [0.25, 0.3) is 0 Å². The van der Waals surface area contributed by atoms with Crippen LogP contribution in [0.15, 0.2) is 46.9 Å². The molecule has 1 aliphatic heterocycles. The van der Waals surface area contributed by atoms with Crippen LogP contribution in [0, 0.1) is 0 Å². The van der Waals surface area contributed by atoms with Crippen LogP contribution < -0.4 is 4.74 Å². The lowest BCUT2D eigenvalue weighted by atomic mass is 9.73. The molecule has 0 aromatic heterocycles. The molecule has 0 bridgehead atoms. The number of ether oxygens (including phenoxy) is 2. The van der Waals surface area contributed by atoms with Crippen LogP contribution in [-0.2, 0) is 20.7 Å². The average Bonchev–Trinajstić information content (AvgIpc) is 2.62. The van der Waals surface area contributed by atoms with Crippen LogP contribution in [0.25, 0.3) is 0 Å². The second-order valence-electron chi connectivity index (χ2n) is 8.05. The Labute approximate surface area is 174 Å². The van der Waals surface area contributed by atoms with Gasteiger partial charge in [0.2, 0.25) is 0 Å². The Morgan fingerprint density at radius 3 is 2.00 bits per heavy atom. The van der Waals surface area contributed by atoms with Crippen LogP contribution in [-0.4, -0.2) is 22.8 Å². The van der Waals surface area contributed by atoms with Crippen LogP contribution in [0.2, 0.25) is 0 Å². The zero-order valence-electron chi connectivity index (χ0n) is 16.8. The third-order valence-corrected chi connectivity index (χ3v) is 5.61. The van der Waals surface area contributed by atoms with Crippen LogP contribution >= 0.6 is 15.9 Å². The maximum atomic E-state index is 13.1. The van der Waals surface area contributed by atoms with Gasteiger partial charge in [0.15, 0.2) is 11.6 Å². The molecule has 0 unspecified atom stereocenters. The number of hydrogen-bond acceptors (Lipinski definition) is 4. The van der Waals surface area contributed by atoms with Gasteiger partial charge < -0.3 is 9.47 Å². The molecule has 0 amide bonds. The molecule has 5 heteroatoms. The molecule has 2 aromatic carbocycles. The fourth-order valence-electron chi connectivity index (χ4n) is 3.70. The highest BCUT2D eigenvalue weighted by atomic mass is 79.9. The molecule has 0 aliphatic carbocycles. The minimum atomic E-state index is -1.03. The van der Waals surface area contributed by atoms with Crippen LogP contribution in [0.5, 0.6) is 11.5 Å². The van der Waals surface area contributed by atoms with Crippen LogP contribution in [0.3, 0.4) is 0 Å². The van der Waals surface area contributed by atoms with Gasteiger partial charge in [-0.25, -0.2) is 0 Å². The molecule has 2 aromatic rings. The molecule has 0 spiro atoms. The zero-order chi connectivity index (χ0) is 20.7. The molecule has 1 saturated heterocycles. The third-order valence-electron chi connectivity index (χ3n) is 5.08. The first-order chi connectivity index (χ1) is 13.0. The van der Waals surface area contributed by atoms with Crippen molar-refractivity contribution in [1.82, 2.24) is 0 Å². The van der Waals surface area contributed by atoms with Gasteiger partial charge in [0, 0.05) is 4.47 Å². The molecular weight excluding hydrogens is 420 g/mol. The Bertz CT molecular complexity index is 887. The van der Waals surface area contributed by atoms with Crippen molar-refractivity contribution in [2.45, 2.75) is 58.2 Å². The highest BCUT2D eigenvalue weighted by molar-refractivity contribution is 9.10. The van der Waals surface area contributed by atoms with Gasteiger partial charge in [-0.15, -0.1) is 0 Å². The van der Waals surface area contributed by atoms with E-state index < -0.39 is 17.1 Å². The van der Waals surface area contributed by atoms with Crippen molar-refractivity contribution in [2.24, 2.45) is 0 Å². The Balaban J connectivity index is 2.05. The third kappa shape index (κ3) is 3.91. The van der Waals surface area contributed by atoms with E-state index in [9.17, 15) is 9.59 Å². The van der Waals surface area contributed by atoms with Gasteiger partial charge >= 0.3 is 0 Å². The molecule has 0 saturated carbocycles. The largest absolute Gasteiger partial charge is 0.457 e. The number of rotatable bonds is 4. The van der Waals surface area contributed by atoms with Crippen molar-refractivity contribution in [2.75, 3.05) is 0 Å². The Kier molecular flexibility index (Phi) is 5.52. The molecule has 0 radical (unpaired) electrons. The van der Waals surface area contributed by atoms with Gasteiger partial charge in [-0.05, 0) is 81.6 Å². The first-order valence-electron chi connectivity index (χ1n) is 9.40. The van der Waals surface area contributed by atoms with E-state index in [4.69, 9.17) is 9.47 Å². The topological polar surface area (TPSA) is 52.6 Å². The predicted octanol–water partition coefficient (Wildman–Crippen LogP) is 5.61. The fraction of sp³-hybridized carbons (Fsp3) is 0.391. The minimum absolute atomic E-state index is 0.215. The van der Waals surface area contributed by atoms with E-state index >= 15 is 0 Å². The number of Topliss-reactive ketones (excluding diaryl/α,β-unsaturated/α-hetero) is 2. The van der Waals surface area contributed by atoms with E-state index in [1.54, 1.807) is 27.7 Å². The molecule has 28 heavy (non-hydrogen) atoms. The molecule has 4 nitrogen and oxygen atoms in total. The second kappa shape index (κ2) is 7.45. The Morgan fingerprint density at radius 2 is 1.46 bits per heavy atom. The predicted molar refractivity (Wildman–Crippen MR) is 112 cm³/mol. The van der Waals surface area contributed by atoms with E-state index in [1.165, 1.54) is 0 Å². The summed E-state index contributed by atoms with van der Waals surface area (Å²) in [6.07, 6.45) is 0.715. The molecular formula is C23H25BrO4. The van der Waals surface area contributed by atoms with Gasteiger partial charge in [0.05, 0.1) is 0 Å². The van der Waals surface area contributed by atoms with E-state index in [0.29, 0.717) is 23.5 Å². The van der Waals surface area contributed by atoms with Crippen molar-refractivity contribution in [1.29, 1.82) is 0 Å². The first kappa shape index (κ1) is 20.7. The molecule has 3 rings (SSSR count). The maximum Gasteiger partial charge on any atom is 0.179 e. The molecule has 0 atom stereocenters. The normalized spacial score (nSPS) is 18.9. The monoisotopic (exact) mass is 444 g/mol.